The third kappa shape index (κ3) is 4.99. The maximum Gasteiger partial charge on any atom is 0.317 e. The van der Waals surface area contributed by atoms with Crippen molar-refractivity contribution in [1.82, 2.24) is 10.2 Å². The summed E-state index contributed by atoms with van der Waals surface area (Å²) in [7, 11) is 3.26. The number of ether oxygens (including phenoxy) is 2. The van der Waals surface area contributed by atoms with E-state index in [2.05, 4.69) is 5.32 Å². The molecule has 1 saturated carbocycles. The molecule has 0 aromatic rings. The molecule has 0 atom stereocenters. The first-order chi connectivity index (χ1) is 7.27. The maximum atomic E-state index is 11.7. The van der Waals surface area contributed by atoms with Crippen molar-refractivity contribution in [3.05, 3.63) is 0 Å². The Bertz CT molecular complexity index is 187. The number of nitrogens with one attached hydrogen (secondary N) is 1. The Hall–Kier alpha value is -0.810. The quantitative estimate of drug-likeness (QED) is 0.672. The summed E-state index contributed by atoms with van der Waals surface area (Å²) in [6.45, 7) is 2.33. The predicted molar refractivity (Wildman–Crippen MR) is 56.9 cm³/mol. The molecule has 88 valence electrons. The number of methoxy groups -OCH3 is 2. The van der Waals surface area contributed by atoms with E-state index in [0.29, 0.717) is 32.3 Å². The molecule has 0 heterocycles. The second kappa shape index (κ2) is 6.63. The first-order valence-corrected chi connectivity index (χ1v) is 5.31. The van der Waals surface area contributed by atoms with Gasteiger partial charge in [-0.05, 0) is 12.8 Å². The Morgan fingerprint density at radius 1 is 1.27 bits per heavy atom. The van der Waals surface area contributed by atoms with Gasteiger partial charge in [0.2, 0.25) is 0 Å². The van der Waals surface area contributed by atoms with E-state index in [1.165, 1.54) is 0 Å². The van der Waals surface area contributed by atoms with Crippen molar-refractivity contribution < 1.29 is 14.3 Å². The molecule has 1 aliphatic rings. The van der Waals surface area contributed by atoms with Crippen LogP contribution in [-0.2, 0) is 9.47 Å². The van der Waals surface area contributed by atoms with E-state index in [1.807, 2.05) is 0 Å². The van der Waals surface area contributed by atoms with Crippen molar-refractivity contribution in [2.75, 3.05) is 40.5 Å². The van der Waals surface area contributed by atoms with Crippen molar-refractivity contribution >= 4 is 6.03 Å². The molecular formula is C10H20N2O3. The summed E-state index contributed by atoms with van der Waals surface area (Å²) < 4.78 is 9.92. The lowest BCUT2D eigenvalue weighted by atomic mass is 10.5. The minimum absolute atomic E-state index is 0.00778. The summed E-state index contributed by atoms with van der Waals surface area (Å²) in [5, 5.41) is 2.95. The molecule has 0 unspecified atom stereocenters. The summed E-state index contributed by atoms with van der Waals surface area (Å²) >= 11 is 0. The van der Waals surface area contributed by atoms with E-state index in [0.717, 1.165) is 12.8 Å². The summed E-state index contributed by atoms with van der Waals surface area (Å²) in [6.07, 6.45) is 2.21. The molecule has 1 N–H and O–H groups in total. The SMILES string of the molecule is COCCN(CCOC)C(=O)NC1CC1. The van der Waals surface area contributed by atoms with Crippen molar-refractivity contribution in [3.63, 3.8) is 0 Å². The lowest BCUT2D eigenvalue weighted by molar-refractivity contribution is 0.122. The van der Waals surface area contributed by atoms with Crippen LogP contribution < -0.4 is 5.32 Å². The van der Waals surface area contributed by atoms with E-state index in [4.69, 9.17) is 9.47 Å². The van der Waals surface area contributed by atoms with Gasteiger partial charge in [-0.15, -0.1) is 0 Å². The van der Waals surface area contributed by atoms with E-state index in [9.17, 15) is 4.79 Å². The minimum atomic E-state index is -0.00778. The van der Waals surface area contributed by atoms with Gasteiger partial charge in [0.05, 0.1) is 13.2 Å². The largest absolute Gasteiger partial charge is 0.383 e. The van der Waals surface area contributed by atoms with Crippen LogP contribution in [0.2, 0.25) is 0 Å². The number of carbonyl (C=O) groups excluding carboxylic acids is 1. The fourth-order valence-electron chi connectivity index (χ4n) is 1.21. The summed E-state index contributed by atoms with van der Waals surface area (Å²) in [5.41, 5.74) is 0. The second-order valence-corrected chi connectivity index (χ2v) is 3.70. The van der Waals surface area contributed by atoms with E-state index in [-0.39, 0.29) is 6.03 Å². The van der Waals surface area contributed by atoms with Crippen LogP contribution in [0.3, 0.4) is 0 Å². The second-order valence-electron chi connectivity index (χ2n) is 3.70. The van der Waals surface area contributed by atoms with Crippen LogP contribution in [0.1, 0.15) is 12.8 Å². The van der Waals surface area contributed by atoms with Crippen LogP contribution in [0.5, 0.6) is 0 Å². The number of amides is 2. The normalized spacial score (nSPS) is 15.1. The third-order valence-corrected chi connectivity index (χ3v) is 2.32. The van der Waals surface area contributed by atoms with Crippen LogP contribution >= 0.6 is 0 Å². The monoisotopic (exact) mass is 216 g/mol. The van der Waals surface area contributed by atoms with Gasteiger partial charge in [-0.2, -0.15) is 0 Å². The molecule has 0 radical (unpaired) electrons. The molecular weight excluding hydrogens is 196 g/mol. The zero-order valence-corrected chi connectivity index (χ0v) is 9.49. The van der Waals surface area contributed by atoms with Gasteiger partial charge in [-0.25, -0.2) is 4.79 Å². The smallest absolute Gasteiger partial charge is 0.317 e. The Morgan fingerprint density at radius 2 is 1.80 bits per heavy atom. The molecule has 1 rings (SSSR count). The topological polar surface area (TPSA) is 50.8 Å². The number of hydrogen-bond acceptors (Lipinski definition) is 3. The number of hydrogen-bond donors (Lipinski definition) is 1. The van der Waals surface area contributed by atoms with E-state index in [1.54, 1.807) is 19.1 Å². The molecule has 1 fully saturated rings. The molecule has 0 spiro atoms. The van der Waals surface area contributed by atoms with Crippen LogP contribution in [-0.4, -0.2) is 57.5 Å². The van der Waals surface area contributed by atoms with Gasteiger partial charge in [0.25, 0.3) is 0 Å². The summed E-state index contributed by atoms with van der Waals surface area (Å²) in [4.78, 5) is 13.4. The predicted octanol–water partition coefficient (Wildman–Crippen LogP) is 0.453. The highest BCUT2D eigenvalue weighted by molar-refractivity contribution is 5.74. The Labute approximate surface area is 90.7 Å². The van der Waals surface area contributed by atoms with Crippen LogP contribution in [0, 0.1) is 0 Å². The van der Waals surface area contributed by atoms with Gasteiger partial charge in [-0.3, -0.25) is 0 Å². The van der Waals surface area contributed by atoms with Crippen LogP contribution in [0.15, 0.2) is 0 Å². The average Bonchev–Trinajstić information content (AvgIpc) is 3.02. The molecule has 0 aliphatic heterocycles. The molecule has 5 nitrogen and oxygen atoms in total. The van der Waals surface area contributed by atoms with Crippen molar-refractivity contribution in [3.8, 4) is 0 Å². The highest BCUT2D eigenvalue weighted by atomic mass is 16.5. The molecule has 5 heteroatoms. The molecule has 0 bridgehead atoms. The lowest BCUT2D eigenvalue weighted by Crippen LogP contribution is -2.44. The molecule has 0 aromatic heterocycles. The number of carbonyl (C=O) groups is 1. The maximum absolute atomic E-state index is 11.7. The van der Waals surface area contributed by atoms with Gasteiger partial charge in [0, 0.05) is 33.4 Å². The highest BCUT2D eigenvalue weighted by Gasteiger charge is 2.25. The Balaban J connectivity index is 2.26. The zero-order valence-electron chi connectivity index (χ0n) is 9.49. The lowest BCUT2D eigenvalue weighted by Gasteiger charge is -2.22. The highest BCUT2D eigenvalue weighted by Crippen LogP contribution is 2.18. The molecule has 15 heavy (non-hydrogen) atoms. The fourth-order valence-corrected chi connectivity index (χ4v) is 1.21. The summed E-state index contributed by atoms with van der Waals surface area (Å²) in [6, 6.07) is 0.386. The summed E-state index contributed by atoms with van der Waals surface area (Å²) in [5.74, 6) is 0. The third-order valence-electron chi connectivity index (χ3n) is 2.32. The van der Waals surface area contributed by atoms with Crippen LogP contribution in [0.25, 0.3) is 0 Å². The molecule has 0 saturated heterocycles. The molecule has 2 amide bonds. The molecule has 1 aliphatic carbocycles. The van der Waals surface area contributed by atoms with Crippen molar-refractivity contribution in [2.24, 2.45) is 0 Å². The Morgan fingerprint density at radius 3 is 2.20 bits per heavy atom. The Kier molecular flexibility index (Phi) is 5.42. The van der Waals surface area contributed by atoms with E-state index >= 15 is 0 Å². The van der Waals surface area contributed by atoms with Gasteiger partial charge in [0.1, 0.15) is 0 Å². The van der Waals surface area contributed by atoms with Crippen LogP contribution in [0.4, 0.5) is 4.79 Å². The fraction of sp³-hybridized carbons (Fsp3) is 0.900. The van der Waals surface area contributed by atoms with Gasteiger partial charge in [0.15, 0.2) is 0 Å². The standard InChI is InChI=1S/C10H20N2O3/c1-14-7-5-12(6-8-15-2)10(13)11-9-3-4-9/h9H,3-8H2,1-2H3,(H,11,13). The van der Waals surface area contributed by atoms with Gasteiger partial charge in [-0.1, -0.05) is 0 Å². The zero-order chi connectivity index (χ0) is 11.1. The van der Waals surface area contributed by atoms with Crippen molar-refractivity contribution in [1.29, 1.82) is 0 Å². The first-order valence-electron chi connectivity index (χ1n) is 5.31. The first kappa shape index (κ1) is 12.3. The number of rotatable bonds is 7. The average molecular weight is 216 g/mol. The van der Waals surface area contributed by atoms with Crippen molar-refractivity contribution in [2.45, 2.75) is 18.9 Å². The van der Waals surface area contributed by atoms with Gasteiger partial charge < -0.3 is 19.7 Å². The van der Waals surface area contributed by atoms with E-state index < -0.39 is 0 Å². The minimum Gasteiger partial charge on any atom is -0.383 e. The van der Waals surface area contributed by atoms with Gasteiger partial charge >= 0.3 is 6.03 Å². The number of nitrogens with zero attached hydrogens (tertiary/aromatic N) is 1. The number of urea groups is 1. The molecule has 0 aromatic carbocycles.